The first kappa shape index (κ1) is 13.5. The molecule has 0 aliphatic rings. The maximum atomic E-state index is 13.2. The lowest BCUT2D eigenvalue weighted by Crippen LogP contribution is -2.31. The normalized spacial score (nSPS) is 11.5. The summed E-state index contributed by atoms with van der Waals surface area (Å²) in [5, 5.41) is -0.00360. The first-order valence-electron chi connectivity index (χ1n) is 5.75. The molecule has 2 aromatic rings. The van der Waals surface area contributed by atoms with E-state index in [1.165, 1.54) is 24.4 Å². The van der Waals surface area contributed by atoms with Gasteiger partial charge in [-0.25, -0.2) is 9.37 Å². The van der Waals surface area contributed by atoms with Crippen LogP contribution in [-0.4, -0.2) is 24.9 Å². The fraction of sp³-hybridized carbons (Fsp3) is 0.250. The van der Waals surface area contributed by atoms with Crippen LogP contribution in [0.3, 0.4) is 0 Å². The molecule has 1 heterocycles. The van der Waals surface area contributed by atoms with Gasteiger partial charge in [0.05, 0.1) is 11.9 Å². The summed E-state index contributed by atoms with van der Waals surface area (Å²) in [6.07, 6.45) is 1.26. The Morgan fingerprint density at radius 2 is 2.16 bits per heavy atom. The van der Waals surface area contributed by atoms with Crippen molar-refractivity contribution in [3.05, 3.63) is 42.1 Å². The minimum atomic E-state index is -3.75. The smallest absolute Gasteiger partial charge is 0.281 e. The molecule has 2 rings (SSSR count). The Hall–Kier alpha value is -1.89. The fourth-order valence-electron chi connectivity index (χ4n) is 1.77. The molecule has 0 saturated carbocycles. The number of benzene rings is 1. The fourth-order valence-corrected chi connectivity index (χ4v) is 3.20. The molecular formula is C12H14FN3O2S. The van der Waals surface area contributed by atoms with Gasteiger partial charge in [-0.1, -0.05) is 6.07 Å². The maximum Gasteiger partial charge on any atom is 0.281 e. The second-order valence-electron chi connectivity index (χ2n) is 3.98. The minimum absolute atomic E-state index is 0.00360. The second-order valence-corrected chi connectivity index (χ2v) is 5.81. The van der Waals surface area contributed by atoms with E-state index in [-0.39, 0.29) is 17.3 Å². The first-order chi connectivity index (χ1) is 8.95. The van der Waals surface area contributed by atoms with Crippen LogP contribution < -0.4 is 4.31 Å². The number of aryl methyl sites for hydroxylation is 1. The lowest BCUT2D eigenvalue weighted by atomic mass is 10.3. The predicted molar refractivity (Wildman–Crippen MR) is 69.9 cm³/mol. The molecule has 0 atom stereocenters. The van der Waals surface area contributed by atoms with Crippen molar-refractivity contribution >= 4 is 15.7 Å². The highest BCUT2D eigenvalue weighted by Gasteiger charge is 2.25. The van der Waals surface area contributed by atoms with Crippen molar-refractivity contribution < 1.29 is 12.8 Å². The van der Waals surface area contributed by atoms with Crippen molar-refractivity contribution in [2.24, 2.45) is 0 Å². The zero-order chi connectivity index (χ0) is 14.0. The number of halogens is 1. The summed E-state index contributed by atoms with van der Waals surface area (Å²) in [6.45, 7) is 3.55. The molecule has 5 nitrogen and oxygen atoms in total. The number of anilines is 1. The van der Waals surface area contributed by atoms with Crippen LogP contribution in [-0.2, 0) is 10.0 Å². The van der Waals surface area contributed by atoms with E-state index in [1.54, 1.807) is 19.9 Å². The summed E-state index contributed by atoms with van der Waals surface area (Å²) in [6, 6.07) is 5.48. The number of sulfonamides is 1. The molecular weight excluding hydrogens is 269 g/mol. The molecule has 0 fully saturated rings. The lowest BCUT2D eigenvalue weighted by molar-refractivity contribution is 0.588. The summed E-state index contributed by atoms with van der Waals surface area (Å²) >= 11 is 0. The average molecular weight is 283 g/mol. The Bertz CT molecular complexity index is 682. The van der Waals surface area contributed by atoms with E-state index in [9.17, 15) is 12.8 Å². The number of nitrogens with zero attached hydrogens (tertiary/aromatic N) is 2. The summed E-state index contributed by atoms with van der Waals surface area (Å²) < 4.78 is 39.2. The van der Waals surface area contributed by atoms with Gasteiger partial charge in [-0.2, -0.15) is 8.42 Å². The summed E-state index contributed by atoms with van der Waals surface area (Å²) in [5.41, 5.74) is 0.287. The average Bonchev–Trinajstić information content (AvgIpc) is 2.77. The van der Waals surface area contributed by atoms with E-state index in [1.807, 2.05) is 0 Å². The molecule has 0 saturated heterocycles. The monoisotopic (exact) mass is 283 g/mol. The van der Waals surface area contributed by atoms with Crippen LogP contribution in [0, 0.1) is 12.7 Å². The third-order valence-corrected chi connectivity index (χ3v) is 4.44. The molecule has 7 heteroatoms. The van der Waals surface area contributed by atoms with Crippen molar-refractivity contribution in [3.8, 4) is 0 Å². The van der Waals surface area contributed by atoms with E-state index in [4.69, 9.17) is 0 Å². The van der Waals surface area contributed by atoms with Crippen molar-refractivity contribution in [1.29, 1.82) is 0 Å². The molecule has 0 aliphatic carbocycles. The quantitative estimate of drug-likeness (QED) is 0.934. The standard InChI is InChI=1S/C12H14FN3O2S/c1-3-16(11-6-4-5-10(13)7-11)19(17,18)12-8-14-9(2)15-12/h4-8H,3H2,1-2H3,(H,14,15). The van der Waals surface area contributed by atoms with Gasteiger partial charge in [-0.05, 0) is 32.0 Å². The minimum Gasteiger partial charge on any atom is -0.332 e. The van der Waals surface area contributed by atoms with E-state index >= 15 is 0 Å². The Labute approximate surface area is 111 Å². The van der Waals surface area contributed by atoms with Gasteiger partial charge in [-0.3, -0.25) is 4.31 Å². The molecule has 0 radical (unpaired) electrons. The number of imidazole rings is 1. The van der Waals surface area contributed by atoms with Crippen molar-refractivity contribution in [2.45, 2.75) is 18.9 Å². The topological polar surface area (TPSA) is 66.1 Å². The van der Waals surface area contributed by atoms with Crippen molar-refractivity contribution in [1.82, 2.24) is 9.97 Å². The van der Waals surface area contributed by atoms with Gasteiger partial charge in [0.15, 0.2) is 5.03 Å². The number of nitrogens with one attached hydrogen (secondary N) is 1. The Kier molecular flexibility index (Phi) is 3.57. The van der Waals surface area contributed by atoms with Gasteiger partial charge in [-0.15, -0.1) is 0 Å². The molecule has 1 aromatic carbocycles. The largest absolute Gasteiger partial charge is 0.332 e. The first-order valence-corrected chi connectivity index (χ1v) is 7.19. The van der Waals surface area contributed by atoms with Crippen LogP contribution in [0.1, 0.15) is 12.7 Å². The molecule has 0 aliphatic heterocycles. The SMILES string of the molecule is CCN(c1cccc(F)c1)S(=O)(=O)c1cnc(C)[nH]1. The number of hydrogen-bond donors (Lipinski definition) is 1. The highest BCUT2D eigenvalue weighted by molar-refractivity contribution is 7.92. The second kappa shape index (κ2) is 5.00. The highest BCUT2D eigenvalue weighted by atomic mass is 32.2. The van der Waals surface area contributed by atoms with Crippen LogP contribution in [0.25, 0.3) is 0 Å². The van der Waals surface area contributed by atoms with Crippen LogP contribution in [0.2, 0.25) is 0 Å². The van der Waals surface area contributed by atoms with Crippen LogP contribution in [0.4, 0.5) is 10.1 Å². The molecule has 102 valence electrons. The van der Waals surface area contributed by atoms with E-state index < -0.39 is 15.8 Å². The number of rotatable bonds is 4. The van der Waals surface area contributed by atoms with E-state index in [0.29, 0.717) is 5.82 Å². The van der Waals surface area contributed by atoms with Crippen LogP contribution >= 0.6 is 0 Å². The molecule has 0 amide bonds. The van der Waals surface area contributed by atoms with Gasteiger partial charge in [0.1, 0.15) is 11.6 Å². The number of H-pyrrole nitrogens is 1. The van der Waals surface area contributed by atoms with E-state index in [0.717, 1.165) is 4.31 Å². The molecule has 1 N–H and O–H groups in total. The zero-order valence-electron chi connectivity index (χ0n) is 10.6. The van der Waals surface area contributed by atoms with Gasteiger partial charge >= 0.3 is 0 Å². The third kappa shape index (κ3) is 2.60. The molecule has 1 aromatic heterocycles. The molecule has 0 spiro atoms. The van der Waals surface area contributed by atoms with Crippen LogP contribution in [0.5, 0.6) is 0 Å². The Morgan fingerprint density at radius 1 is 1.42 bits per heavy atom. The Balaban J connectivity index is 2.47. The third-order valence-electron chi connectivity index (χ3n) is 2.63. The van der Waals surface area contributed by atoms with Crippen LogP contribution in [0.15, 0.2) is 35.5 Å². The van der Waals surface area contributed by atoms with Gasteiger partial charge in [0, 0.05) is 6.54 Å². The molecule has 0 unspecified atom stereocenters. The number of hydrogen-bond acceptors (Lipinski definition) is 3. The summed E-state index contributed by atoms with van der Waals surface area (Å²) in [7, 11) is -3.75. The number of aromatic nitrogens is 2. The number of aromatic amines is 1. The lowest BCUT2D eigenvalue weighted by Gasteiger charge is -2.21. The van der Waals surface area contributed by atoms with Gasteiger partial charge in [0.2, 0.25) is 0 Å². The highest BCUT2D eigenvalue weighted by Crippen LogP contribution is 2.22. The Morgan fingerprint density at radius 3 is 2.68 bits per heavy atom. The zero-order valence-corrected chi connectivity index (χ0v) is 11.4. The van der Waals surface area contributed by atoms with Gasteiger partial charge in [0.25, 0.3) is 10.0 Å². The predicted octanol–water partition coefficient (Wildman–Crippen LogP) is 2.07. The van der Waals surface area contributed by atoms with Crippen molar-refractivity contribution in [2.75, 3.05) is 10.8 Å². The van der Waals surface area contributed by atoms with Crippen molar-refractivity contribution in [3.63, 3.8) is 0 Å². The van der Waals surface area contributed by atoms with E-state index in [2.05, 4.69) is 9.97 Å². The van der Waals surface area contributed by atoms with Gasteiger partial charge < -0.3 is 4.98 Å². The molecule has 0 bridgehead atoms. The maximum absolute atomic E-state index is 13.2. The summed E-state index contributed by atoms with van der Waals surface area (Å²) in [4.78, 5) is 6.56. The molecule has 19 heavy (non-hydrogen) atoms. The summed E-state index contributed by atoms with van der Waals surface area (Å²) in [5.74, 6) is 0.0285.